The van der Waals surface area contributed by atoms with Gasteiger partial charge in [-0.05, 0) is 56.9 Å². The molecule has 0 unspecified atom stereocenters. The molecule has 2 aromatic carbocycles. The molecule has 0 bridgehead atoms. The third-order valence-electron chi connectivity index (χ3n) is 5.60. The molecule has 1 atom stereocenters. The van der Waals surface area contributed by atoms with Crippen LogP contribution in [0.25, 0.3) is 0 Å². The highest BCUT2D eigenvalue weighted by atomic mass is 16.6. The van der Waals surface area contributed by atoms with Gasteiger partial charge in [0.25, 0.3) is 11.5 Å². The Hall–Kier alpha value is -4.38. The highest BCUT2D eigenvalue weighted by Gasteiger charge is 2.28. The summed E-state index contributed by atoms with van der Waals surface area (Å²) in [7, 11) is 0. The largest absolute Gasteiger partial charge is 0.458 e. The topological polar surface area (TPSA) is 113 Å². The average molecular weight is 501 g/mol. The maximum atomic E-state index is 13.6. The molecule has 0 radical (unpaired) electrons. The van der Waals surface area contributed by atoms with Crippen molar-refractivity contribution in [2.24, 2.45) is 0 Å². The molecule has 1 aromatic heterocycles. The van der Waals surface area contributed by atoms with E-state index in [2.05, 4.69) is 10.6 Å². The van der Waals surface area contributed by atoms with Crippen molar-refractivity contribution in [1.29, 1.82) is 5.26 Å². The molecule has 0 aliphatic heterocycles. The molecule has 37 heavy (non-hydrogen) atoms. The predicted octanol–water partition coefficient (Wildman–Crippen LogP) is 3.78. The number of pyridine rings is 1. The number of amides is 1. The van der Waals surface area contributed by atoms with Crippen LogP contribution in [0.5, 0.6) is 0 Å². The molecule has 0 aliphatic carbocycles. The molecular weight excluding hydrogens is 468 g/mol. The summed E-state index contributed by atoms with van der Waals surface area (Å²) in [6.45, 7) is 5.57. The van der Waals surface area contributed by atoms with E-state index in [4.69, 9.17) is 10.00 Å². The fourth-order valence-electron chi connectivity index (χ4n) is 3.98. The first-order valence-corrected chi connectivity index (χ1v) is 12.2. The van der Waals surface area contributed by atoms with Crippen molar-refractivity contribution in [3.8, 4) is 6.19 Å². The summed E-state index contributed by atoms with van der Waals surface area (Å²) in [5, 5.41) is 13.9. The Labute approximate surface area is 216 Å². The second-order valence-corrected chi connectivity index (χ2v) is 9.60. The molecule has 8 nitrogen and oxygen atoms in total. The van der Waals surface area contributed by atoms with Gasteiger partial charge in [-0.2, -0.15) is 5.26 Å². The number of benzene rings is 2. The predicted molar refractivity (Wildman–Crippen MR) is 141 cm³/mol. The second-order valence-electron chi connectivity index (χ2n) is 9.60. The molecule has 192 valence electrons. The van der Waals surface area contributed by atoms with Crippen LogP contribution in [0.15, 0.2) is 83.8 Å². The molecule has 1 heterocycles. The van der Waals surface area contributed by atoms with Gasteiger partial charge >= 0.3 is 5.97 Å². The number of carbonyl (C=O) groups excluding carboxylic acids is 2. The zero-order valence-corrected chi connectivity index (χ0v) is 21.3. The number of esters is 1. The molecule has 0 saturated carbocycles. The average Bonchev–Trinajstić information content (AvgIpc) is 2.87. The van der Waals surface area contributed by atoms with Gasteiger partial charge in [-0.3, -0.25) is 9.59 Å². The molecule has 0 aliphatic rings. The number of nitrogens with one attached hydrogen (secondary N) is 2. The standard InChI is InChI=1S/C29H32N4O4/c1-29(2,3)37-28(36)24(17-10-18-31-20-30)32-26(34)23-16-11-19-33(27(23)35)25(21-12-6-4-7-13-21)22-14-8-5-9-15-22/h4-9,11-16,19,24-25,31H,10,17-18H2,1-3H3,(H,32,34)/t24-/m0/s1. The molecule has 3 rings (SSSR count). The van der Waals surface area contributed by atoms with E-state index in [1.165, 1.54) is 10.6 Å². The lowest BCUT2D eigenvalue weighted by Gasteiger charge is -2.25. The normalized spacial score (nSPS) is 11.9. The summed E-state index contributed by atoms with van der Waals surface area (Å²) < 4.78 is 7.01. The first kappa shape index (κ1) is 27.2. The number of hydrogen-bond acceptors (Lipinski definition) is 6. The van der Waals surface area contributed by atoms with Crippen LogP contribution in [0.4, 0.5) is 0 Å². The van der Waals surface area contributed by atoms with E-state index in [1.807, 2.05) is 66.9 Å². The van der Waals surface area contributed by atoms with Gasteiger partial charge in [-0.25, -0.2) is 4.79 Å². The maximum Gasteiger partial charge on any atom is 0.329 e. The Balaban J connectivity index is 1.93. The lowest BCUT2D eigenvalue weighted by molar-refractivity contribution is -0.157. The number of nitriles is 1. The first-order chi connectivity index (χ1) is 17.7. The summed E-state index contributed by atoms with van der Waals surface area (Å²) in [6, 6.07) is 20.8. The van der Waals surface area contributed by atoms with Gasteiger partial charge < -0.3 is 19.9 Å². The van der Waals surface area contributed by atoms with E-state index >= 15 is 0 Å². The Bertz CT molecular complexity index is 1250. The third-order valence-corrected chi connectivity index (χ3v) is 5.60. The van der Waals surface area contributed by atoms with E-state index in [0.29, 0.717) is 13.0 Å². The summed E-state index contributed by atoms with van der Waals surface area (Å²) >= 11 is 0. The van der Waals surface area contributed by atoms with Crippen molar-refractivity contribution in [2.45, 2.75) is 51.3 Å². The minimum absolute atomic E-state index is 0.0805. The summed E-state index contributed by atoms with van der Waals surface area (Å²) in [6.07, 6.45) is 4.17. The molecule has 3 aromatic rings. The van der Waals surface area contributed by atoms with Gasteiger partial charge in [0, 0.05) is 12.7 Å². The number of rotatable bonds is 10. The lowest BCUT2D eigenvalue weighted by atomic mass is 9.98. The third kappa shape index (κ3) is 7.55. The van der Waals surface area contributed by atoms with Crippen molar-refractivity contribution in [2.75, 3.05) is 6.54 Å². The van der Waals surface area contributed by atoms with Crippen molar-refractivity contribution in [3.05, 3.63) is 106 Å². The highest BCUT2D eigenvalue weighted by Crippen LogP contribution is 2.25. The first-order valence-electron chi connectivity index (χ1n) is 12.2. The minimum atomic E-state index is -0.973. The number of carbonyl (C=O) groups is 2. The summed E-state index contributed by atoms with van der Waals surface area (Å²) in [4.78, 5) is 39.7. The molecule has 0 saturated heterocycles. The van der Waals surface area contributed by atoms with Crippen LogP contribution in [0.3, 0.4) is 0 Å². The van der Waals surface area contributed by atoms with Crippen molar-refractivity contribution in [3.63, 3.8) is 0 Å². The number of ether oxygens (including phenoxy) is 1. The fraction of sp³-hybridized carbons (Fsp3) is 0.310. The minimum Gasteiger partial charge on any atom is -0.458 e. The molecular formula is C29H32N4O4. The molecule has 0 fully saturated rings. The zero-order valence-electron chi connectivity index (χ0n) is 21.3. The van der Waals surface area contributed by atoms with Crippen molar-refractivity contribution in [1.82, 2.24) is 15.2 Å². The van der Waals surface area contributed by atoms with Crippen molar-refractivity contribution < 1.29 is 14.3 Å². The maximum absolute atomic E-state index is 13.6. The van der Waals surface area contributed by atoms with Crippen LogP contribution in [-0.2, 0) is 9.53 Å². The number of aromatic nitrogens is 1. The van der Waals surface area contributed by atoms with E-state index < -0.39 is 35.1 Å². The van der Waals surface area contributed by atoms with Gasteiger partial charge in [0.05, 0.1) is 6.04 Å². The van der Waals surface area contributed by atoms with E-state index in [-0.39, 0.29) is 12.0 Å². The van der Waals surface area contributed by atoms with Crippen LogP contribution < -0.4 is 16.2 Å². The lowest BCUT2D eigenvalue weighted by Crippen LogP contribution is -2.46. The van der Waals surface area contributed by atoms with Crippen LogP contribution in [0, 0.1) is 11.5 Å². The zero-order chi connectivity index (χ0) is 26.8. The Morgan fingerprint density at radius 1 is 0.973 bits per heavy atom. The SMILES string of the molecule is CC(C)(C)OC(=O)[C@H](CCCNC#N)NC(=O)c1cccn(C(c2ccccc2)c2ccccc2)c1=O. The Morgan fingerprint density at radius 3 is 2.11 bits per heavy atom. The van der Waals surface area contributed by atoms with E-state index in [1.54, 1.807) is 33.0 Å². The van der Waals surface area contributed by atoms with E-state index in [9.17, 15) is 14.4 Å². The number of hydrogen-bond donors (Lipinski definition) is 2. The molecule has 0 spiro atoms. The molecule has 1 amide bonds. The second kappa shape index (κ2) is 12.5. The van der Waals surface area contributed by atoms with Gasteiger partial charge in [0.15, 0.2) is 6.19 Å². The number of nitrogens with zero attached hydrogens (tertiary/aromatic N) is 2. The monoisotopic (exact) mass is 500 g/mol. The van der Waals surface area contributed by atoms with Crippen LogP contribution in [-0.4, -0.2) is 34.6 Å². The smallest absolute Gasteiger partial charge is 0.329 e. The summed E-state index contributed by atoms with van der Waals surface area (Å²) in [5.74, 6) is -1.26. The van der Waals surface area contributed by atoms with Gasteiger partial charge in [0.1, 0.15) is 17.2 Å². The molecule has 2 N–H and O–H groups in total. The van der Waals surface area contributed by atoms with Crippen LogP contribution in [0.1, 0.15) is 61.1 Å². The Morgan fingerprint density at radius 2 is 1.57 bits per heavy atom. The van der Waals surface area contributed by atoms with Crippen LogP contribution >= 0.6 is 0 Å². The summed E-state index contributed by atoms with van der Waals surface area (Å²) in [5.41, 5.74) is 0.480. The van der Waals surface area contributed by atoms with Crippen LogP contribution in [0.2, 0.25) is 0 Å². The van der Waals surface area contributed by atoms with Crippen molar-refractivity contribution >= 4 is 11.9 Å². The van der Waals surface area contributed by atoms with Gasteiger partial charge in [0.2, 0.25) is 0 Å². The fourth-order valence-corrected chi connectivity index (χ4v) is 3.98. The quantitative estimate of drug-likeness (QED) is 0.190. The Kier molecular flexibility index (Phi) is 9.22. The molecule has 8 heteroatoms. The highest BCUT2D eigenvalue weighted by molar-refractivity contribution is 5.96. The van der Waals surface area contributed by atoms with Gasteiger partial charge in [-0.1, -0.05) is 60.7 Å². The van der Waals surface area contributed by atoms with Gasteiger partial charge in [-0.15, -0.1) is 0 Å². The van der Waals surface area contributed by atoms with E-state index in [0.717, 1.165) is 11.1 Å².